The average Bonchev–Trinajstić information content (AvgIpc) is 2.77. The molecule has 2 heterocycles. The number of hydrogen-bond donors (Lipinski definition) is 1. The minimum absolute atomic E-state index is 0.271. The van der Waals surface area contributed by atoms with Crippen LogP contribution in [0.3, 0.4) is 0 Å². The third-order valence-corrected chi connectivity index (χ3v) is 3.11. The highest BCUT2D eigenvalue weighted by Crippen LogP contribution is 2.20. The summed E-state index contributed by atoms with van der Waals surface area (Å²) in [6.07, 6.45) is 4.86. The molecule has 4 nitrogen and oxygen atoms in total. The Labute approximate surface area is 107 Å². The van der Waals surface area contributed by atoms with E-state index in [4.69, 9.17) is 11.6 Å². The molecule has 2 aromatic rings. The second-order valence-electron chi connectivity index (χ2n) is 3.08. The van der Waals surface area contributed by atoms with Crippen LogP contribution >= 0.6 is 22.9 Å². The maximum Gasteiger partial charge on any atom is 0.281 e. The molecule has 0 fully saturated rings. The number of hydrogen-bond acceptors (Lipinski definition) is 4. The summed E-state index contributed by atoms with van der Waals surface area (Å²) in [6.45, 7) is 0. The second-order valence-corrected chi connectivity index (χ2v) is 4.80. The molecule has 1 N–H and O–H groups in total. The summed E-state index contributed by atoms with van der Waals surface area (Å²) < 4.78 is 0.577. The summed E-state index contributed by atoms with van der Waals surface area (Å²) in [6, 6.07) is 6.91. The van der Waals surface area contributed by atoms with Crippen molar-refractivity contribution in [3.63, 3.8) is 0 Å². The normalized spacial score (nSPS) is 10.6. The van der Waals surface area contributed by atoms with Crippen molar-refractivity contribution < 1.29 is 4.79 Å². The summed E-state index contributed by atoms with van der Waals surface area (Å²) in [5.41, 5.74) is 3.29. The van der Waals surface area contributed by atoms with Crippen molar-refractivity contribution in [3.8, 4) is 0 Å². The monoisotopic (exact) mass is 265 g/mol. The highest BCUT2D eigenvalue weighted by Gasteiger charge is 2.06. The molecule has 0 saturated carbocycles. The molecule has 2 rings (SSSR count). The van der Waals surface area contributed by atoms with Crippen LogP contribution in [0.25, 0.3) is 0 Å². The molecule has 2 aromatic heterocycles. The van der Waals surface area contributed by atoms with Gasteiger partial charge < -0.3 is 0 Å². The van der Waals surface area contributed by atoms with Gasteiger partial charge in [-0.2, -0.15) is 5.10 Å². The Morgan fingerprint density at radius 1 is 1.35 bits per heavy atom. The van der Waals surface area contributed by atoms with Gasteiger partial charge in [-0.3, -0.25) is 9.78 Å². The average molecular weight is 266 g/mol. The SMILES string of the molecule is O=C(N/N=C\c1ccncc1)c1ccc(Cl)s1. The fraction of sp³-hybridized carbons (Fsp3) is 0. The van der Waals surface area contributed by atoms with E-state index in [1.54, 1.807) is 42.9 Å². The van der Waals surface area contributed by atoms with Gasteiger partial charge in [0, 0.05) is 12.4 Å². The number of halogens is 1. The molecular formula is C11H8ClN3OS. The third-order valence-electron chi connectivity index (χ3n) is 1.88. The molecule has 86 valence electrons. The minimum atomic E-state index is -0.271. The molecule has 0 saturated heterocycles. The highest BCUT2D eigenvalue weighted by atomic mass is 35.5. The van der Waals surface area contributed by atoms with Crippen LogP contribution in [0, 0.1) is 0 Å². The quantitative estimate of drug-likeness (QED) is 0.685. The number of aromatic nitrogens is 1. The minimum Gasteiger partial charge on any atom is -0.266 e. The molecule has 0 unspecified atom stereocenters. The van der Waals surface area contributed by atoms with E-state index in [9.17, 15) is 4.79 Å². The highest BCUT2D eigenvalue weighted by molar-refractivity contribution is 7.17. The van der Waals surface area contributed by atoms with Crippen LogP contribution in [-0.2, 0) is 0 Å². The summed E-state index contributed by atoms with van der Waals surface area (Å²) in [4.78, 5) is 16.0. The largest absolute Gasteiger partial charge is 0.281 e. The Kier molecular flexibility index (Phi) is 3.85. The van der Waals surface area contributed by atoms with E-state index < -0.39 is 0 Å². The van der Waals surface area contributed by atoms with E-state index >= 15 is 0 Å². The zero-order chi connectivity index (χ0) is 12.1. The number of pyridine rings is 1. The number of nitrogens with zero attached hydrogens (tertiary/aromatic N) is 2. The van der Waals surface area contributed by atoms with Gasteiger partial charge in [-0.25, -0.2) is 5.43 Å². The Hall–Kier alpha value is -1.72. The number of carbonyl (C=O) groups is 1. The van der Waals surface area contributed by atoms with E-state index in [0.717, 1.165) is 5.56 Å². The van der Waals surface area contributed by atoms with E-state index in [1.807, 2.05) is 0 Å². The lowest BCUT2D eigenvalue weighted by atomic mass is 10.3. The maximum absolute atomic E-state index is 11.6. The molecule has 17 heavy (non-hydrogen) atoms. The van der Waals surface area contributed by atoms with E-state index in [-0.39, 0.29) is 5.91 Å². The van der Waals surface area contributed by atoms with E-state index in [1.165, 1.54) is 11.3 Å². The molecule has 6 heteroatoms. The first-order chi connectivity index (χ1) is 8.25. The number of rotatable bonds is 3. The van der Waals surface area contributed by atoms with Crippen LogP contribution in [0.1, 0.15) is 15.2 Å². The fourth-order valence-corrected chi connectivity index (χ4v) is 2.04. The van der Waals surface area contributed by atoms with Crippen molar-refractivity contribution >= 4 is 35.1 Å². The van der Waals surface area contributed by atoms with Crippen molar-refractivity contribution in [2.24, 2.45) is 5.10 Å². The summed E-state index contributed by atoms with van der Waals surface area (Å²) in [7, 11) is 0. The van der Waals surface area contributed by atoms with Gasteiger partial charge in [0.05, 0.1) is 15.4 Å². The molecule has 0 aliphatic heterocycles. The van der Waals surface area contributed by atoms with Crippen LogP contribution in [-0.4, -0.2) is 17.1 Å². The van der Waals surface area contributed by atoms with Crippen molar-refractivity contribution in [2.45, 2.75) is 0 Å². The van der Waals surface area contributed by atoms with Crippen LogP contribution < -0.4 is 5.43 Å². The van der Waals surface area contributed by atoms with Crippen molar-refractivity contribution in [1.82, 2.24) is 10.4 Å². The summed E-state index contributed by atoms with van der Waals surface area (Å²) in [5, 5.41) is 3.84. The van der Waals surface area contributed by atoms with Crippen molar-refractivity contribution in [1.29, 1.82) is 0 Å². The smallest absolute Gasteiger partial charge is 0.266 e. The number of amides is 1. The first-order valence-corrected chi connectivity index (χ1v) is 5.94. The molecule has 0 aliphatic carbocycles. The number of hydrazone groups is 1. The van der Waals surface area contributed by atoms with E-state index in [2.05, 4.69) is 15.5 Å². The topological polar surface area (TPSA) is 54.4 Å². The predicted molar refractivity (Wildman–Crippen MR) is 68.6 cm³/mol. The van der Waals surface area contributed by atoms with Crippen LogP contribution in [0.2, 0.25) is 4.34 Å². The van der Waals surface area contributed by atoms with Gasteiger partial charge in [0.2, 0.25) is 0 Å². The first-order valence-electron chi connectivity index (χ1n) is 4.74. The molecule has 0 bridgehead atoms. The molecule has 0 aliphatic rings. The van der Waals surface area contributed by atoms with Gasteiger partial charge in [0.15, 0.2) is 0 Å². The predicted octanol–water partition coefficient (Wildman–Crippen LogP) is 2.56. The molecule has 1 amide bonds. The molecule has 0 radical (unpaired) electrons. The number of thiophene rings is 1. The molecular weight excluding hydrogens is 258 g/mol. The third kappa shape index (κ3) is 3.37. The van der Waals surface area contributed by atoms with Gasteiger partial charge in [-0.15, -0.1) is 11.3 Å². The fourth-order valence-electron chi connectivity index (χ4n) is 1.11. The lowest BCUT2D eigenvalue weighted by Gasteiger charge is -1.95. The zero-order valence-corrected chi connectivity index (χ0v) is 10.2. The molecule has 0 spiro atoms. The summed E-state index contributed by atoms with van der Waals surface area (Å²) >= 11 is 6.94. The Bertz CT molecular complexity index is 539. The number of nitrogens with one attached hydrogen (secondary N) is 1. The van der Waals surface area contributed by atoms with Gasteiger partial charge in [-0.1, -0.05) is 11.6 Å². The van der Waals surface area contributed by atoms with Crippen LogP contribution in [0.15, 0.2) is 41.8 Å². The van der Waals surface area contributed by atoms with Crippen molar-refractivity contribution in [2.75, 3.05) is 0 Å². The lowest BCUT2D eigenvalue weighted by Crippen LogP contribution is -2.16. The first kappa shape index (κ1) is 11.8. The number of carbonyl (C=O) groups excluding carboxylic acids is 1. The van der Waals surface area contributed by atoms with Crippen LogP contribution in [0.5, 0.6) is 0 Å². The van der Waals surface area contributed by atoms with Crippen molar-refractivity contribution in [3.05, 3.63) is 51.4 Å². The lowest BCUT2D eigenvalue weighted by molar-refractivity contribution is 0.0959. The van der Waals surface area contributed by atoms with Crippen LogP contribution in [0.4, 0.5) is 0 Å². The van der Waals surface area contributed by atoms with Gasteiger partial charge in [0.1, 0.15) is 0 Å². The second kappa shape index (κ2) is 5.56. The maximum atomic E-state index is 11.6. The van der Waals surface area contributed by atoms with Gasteiger partial charge in [-0.05, 0) is 29.8 Å². The Balaban J connectivity index is 1.95. The standard InChI is InChI=1S/C11H8ClN3OS/c12-10-2-1-9(17-10)11(16)15-14-7-8-3-5-13-6-4-8/h1-7H,(H,15,16)/b14-7-. The molecule has 0 aromatic carbocycles. The molecule has 0 atom stereocenters. The Morgan fingerprint density at radius 3 is 2.76 bits per heavy atom. The van der Waals surface area contributed by atoms with Gasteiger partial charge in [0.25, 0.3) is 5.91 Å². The summed E-state index contributed by atoms with van der Waals surface area (Å²) in [5.74, 6) is -0.271. The van der Waals surface area contributed by atoms with Gasteiger partial charge >= 0.3 is 0 Å². The van der Waals surface area contributed by atoms with E-state index in [0.29, 0.717) is 9.21 Å². The zero-order valence-electron chi connectivity index (χ0n) is 8.63. The Morgan fingerprint density at radius 2 is 2.12 bits per heavy atom.